The lowest BCUT2D eigenvalue weighted by Gasteiger charge is -2.09. The van der Waals surface area contributed by atoms with Gasteiger partial charge in [-0.1, -0.05) is 79.4 Å². The Morgan fingerprint density at radius 3 is 2.17 bits per heavy atom. The van der Waals surface area contributed by atoms with Gasteiger partial charge in [-0.3, -0.25) is 0 Å². The predicted molar refractivity (Wildman–Crippen MR) is 77.2 cm³/mol. The lowest BCUT2D eigenvalue weighted by Crippen LogP contribution is -1.87. The summed E-state index contributed by atoms with van der Waals surface area (Å²) in [4.78, 5) is 0. The Balaban J connectivity index is 2.18. The van der Waals surface area contributed by atoms with Crippen LogP contribution in [0.25, 0.3) is 16.3 Å². The van der Waals surface area contributed by atoms with E-state index in [9.17, 15) is 0 Å². The molecule has 3 rings (SSSR count). The molecule has 0 saturated carbocycles. The van der Waals surface area contributed by atoms with E-state index in [1.807, 2.05) is 48.5 Å². The van der Waals surface area contributed by atoms with Crippen LogP contribution in [0, 0.1) is 6.58 Å². The van der Waals surface area contributed by atoms with Crippen molar-refractivity contribution in [2.24, 2.45) is 0 Å². The first-order chi connectivity index (χ1) is 8.86. The van der Waals surface area contributed by atoms with Crippen molar-refractivity contribution in [3.63, 3.8) is 0 Å². The Morgan fingerprint density at radius 2 is 1.33 bits per heavy atom. The number of fused-ring (bicyclic) bond motifs is 1. The highest BCUT2D eigenvalue weighted by Crippen LogP contribution is 2.28. The third kappa shape index (κ3) is 1.82. The molecular weight excluding hydrogens is 216 g/mol. The molecule has 0 amide bonds. The molecule has 0 aliphatic carbocycles. The zero-order valence-corrected chi connectivity index (χ0v) is 10.0. The van der Waals surface area contributed by atoms with E-state index < -0.39 is 0 Å². The van der Waals surface area contributed by atoms with Gasteiger partial charge in [0.05, 0.1) is 0 Å². The van der Waals surface area contributed by atoms with Gasteiger partial charge < -0.3 is 0 Å². The van der Waals surface area contributed by atoms with Gasteiger partial charge in [-0.05, 0) is 27.5 Å². The van der Waals surface area contributed by atoms with Crippen LogP contribution in [0.4, 0.5) is 0 Å². The summed E-state index contributed by atoms with van der Waals surface area (Å²) in [5, 5.41) is 2.41. The minimum absolute atomic E-state index is 0.826. The van der Waals surface area contributed by atoms with Crippen LogP contribution in [0.3, 0.4) is 0 Å². The first-order valence-electron chi connectivity index (χ1n) is 6.02. The molecular formula is C18H13. The molecule has 0 aromatic heterocycles. The summed E-state index contributed by atoms with van der Waals surface area (Å²) in [6.45, 7) is 6.30. The molecule has 3 aromatic carbocycles. The summed E-state index contributed by atoms with van der Waals surface area (Å²) in [5.41, 5.74) is 2.99. The van der Waals surface area contributed by atoms with Crippen LogP contribution in [-0.2, 0) is 0 Å². The normalized spacial score (nSPS) is 10.4. The minimum atomic E-state index is 0.826. The fourth-order valence-electron chi connectivity index (χ4n) is 2.23. The van der Waals surface area contributed by atoms with E-state index in [-0.39, 0.29) is 0 Å². The Labute approximate surface area is 107 Å². The average Bonchev–Trinajstić information content (AvgIpc) is 2.47. The summed E-state index contributed by atoms with van der Waals surface area (Å²) in [7, 11) is 0. The molecule has 0 nitrogen and oxygen atoms in total. The van der Waals surface area contributed by atoms with Crippen molar-refractivity contribution in [3.05, 3.63) is 90.5 Å². The standard InChI is InChI=1S/C18H13/c1-14(15-8-3-2-4-9-15)17-13-7-11-16-10-5-6-12-18(16)17/h1-13H. The Hall–Kier alpha value is -2.34. The molecule has 0 spiro atoms. The third-order valence-electron chi connectivity index (χ3n) is 3.16. The summed E-state index contributed by atoms with van der Waals surface area (Å²) < 4.78 is 0. The van der Waals surface area contributed by atoms with Gasteiger partial charge in [0.25, 0.3) is 0 Å². The monoisotopic (exact) mass is 229 g/mol. The highest BCUT2D eigenvalue weighted by atomic mass is 14.1. The van der Waals surface area contributed by atoms with Crippen LogP contribution >= 0.6 is 0 Å². The van der Waals surface area contributed by atoms with Gasteiger partial charge in [0, 0.05) is 0 Å². The molecule has 0 heterocycles. The van der Waals surface area contributed by atoms with E-state index >= 15 is 0 Å². The molecule has 85 valence electrons. The Morgan fingerprint density at radius 1 is 0.667 bits per heavy atom. The predicted octanol–water partition coefficient (Wildman–Crippen LogP) is 4.70. The van der Waals surface area contributed by atoms with Crippen LogP contribution in [0.15, 0.2) is 72.8 Å². The van der Waals surface area contributed by atoms with Gasteiger partial charge in [-0.15, -0.1) is 0 Å². The number of rotatable bonds is 2. The van der Waals surface area contributed by atoms with Crippen molar-refractivity contribution in [2.75, 3.05) is 0 Å². The molecule has 0 bridgehead atoms. The van der Waals surface area contributed by atoms with Crippen LogP contribution < -0.4 is 0 Å². The van der Waals surface area contributed by atoms with E-state index in [1.54, 1.807) is 0 Å². The maximum absolute atomic E-state index is 6.30. The Bertz CT molecular complexity index is 688. The van der Waals surface area contributed by atoms with E-state index in [2.05, 4.69) is 24.3 Å². The fourth-order valence-corrected chi connectivity index (χ4v) is 2.23. The second-order valence-electron chi connectivity index (χ2n) is 4.31. The minimum Gasteiger partial charge on any atom is -0.0622 e. The molecule has 0 saturated heterocycles. The molecule has 0 N–H and O–H groups in total. The van der Waals surface area contributed by atoms with E-state index in [0.29, 0.717) is 0 Å². The molecule has 1 radical (unpaired) electrons. The van der Waals surface area contributed by atoms with Gasteiger partial charge in [0.15, 0.2) is 0 Å². The zero-order valence-electron chi connectivity index (χ0n) is 10.0. The van der Waals surface area contributed by atoms with Gasteiger partial charge in [-0.2, -0.15) is 0 Å². The van der Waals surface area contributed by atoms with Crippen molar-refractivity contribution >= 4 is 16.3 Å². The van der Waals surface area contributed by atoms with Gasteiger partial charge >= 0.3 is 0 Å². The summed E-state index contributed by atoms with van der Waals surface area (Å²) in [6, 6.07) is 24.6. The zero-order chi connectivity index (χ0) is 12.4. The maximum atomic E-state index is 6.30. The molecule has 0 aliphatic rings. The number of benzene rings is 3. The highest BCUT2D eigenvalue weighted by molar-refractivity contribution is 5.96. The van der Waals surface area contributed by atoms with Crippen LogP contribution in [0.1, 0.15) is 11.1 Å². The molecule has 18 heavy (non-hydrogen) atoms. The third-order valence-corrected chi connectivity index (χ3v) is 3.16. The van der Waals surface area contributed by atoms with E-state index in [4.69, 9.17) is 6.58 Å². The molecule has 0 fully saturated rings. The molecule has 0 aliphatic heterocycles. The SMILES string of the molecule is [CH]=C(c1ccccc1)c1cccc2ccccc12. The number of hydrogen-bond acceptors (Lipinski definition) is 0. The summed E-state index contributed by atoms with van der Waals surface area (Å²) in [6.07, 6.45) is 0. The Kier molecular flexibility index (Phi) is 2.70. The second-order valence-corrected chi connectivity index (χ2v) is 4.31. The topological polar surface area (TPSA) is 0 Å². The van der Waals surface area contributed by atoms with Crippen molar-refractivity contribution < 1.29 is 0 Å². The smallest absolute Gasteiger partial charge is 0.00994 e. The van der Waals surface area contributed by atoms with Gasteiger partial charge in [0.1, 0.15) is 0 Å². The second kappa shape index (κ2) is 4.50. The molecule has 3 aromatic rings. The van der Waals surface area contributed by atoms with Crippen molar-refractivity contribution in [3.8, 4) is 0 Å². The highest BCUT2D eigenvalue weighted by Gasteiger charge is 2.05. The lowest BCUT2D eigenvalue weighted by atomic mass is 9.95. The van der Waals surface area contributed by atoms with Crippen LogP contribution in [0.5, 0.6) is 0 Å². The van der Waals surface area contributed by atoms with Crippen molar-refractivity contribution in [1.29, 1.82) is 0 Å². The summed E-state index contributed by atoms with van der Waals surface area (Å²) in [5.74, 6) is 0. The molecule has 0 unspecified atom stereocenters. The van der Waals surface area contributed by atoms with E-state index in [1.165, 1.54) is 10.8 Å². The molecule has 0 heteroatoms. The van der Waals surface area contributed by atoms with E-state index in [0.717, 1.165) is 16.7 Å². The molecule has 0 atom stereocenters. The first-order valence-corrected chi connectivity index (χ1v) is 6.02. The maximum Gasteiger partial charge on any atom is -0.00994 e. The fraction of sp³-hybridized carbons (Fsp3) is 0. The number of hydrogen-bond donors (Lipinski definition) is 0. The summed E-state index contributed by atoms with van der Waals surface area (Å²) >= 11 is 0. The van der Waals surface area contributed by atoms with Crippen molar-refractivity contribution in [2.45, 2.75) is 0 Å². The van der Waals surface area contributed by atoms with Gasteiger partial charge in [0.2, 0.25) is 0 Å². The largest absolute Gasteiger partial charge is 0.0622 e. The average molecular weight is 229 g/mol. The van der Waals surface area contributed by atoms with Crippen molar-refractivity contribution in [1.82, 2.24) is 0 Å². The first kappa shape index (κ1) is 10.8. The lowest BCUT2D eigenvalue weighted by molar-refractivity contribution is 1.58. The van der Waals surface area contributed by atoms with Crippen LogP contribution in [-0.4, -0.2) is 0 Å². The van der Waals surface area contributed by atoms with Crippen LogP contribution in [0.2, 0.25) is 0 Å². The van der Waals surface area contributed by atoms with Gasteiger partial charge in [-0.25, -0.2) is 0 Å². The quantitative estimate of drug-likeness (QED) is 0.597.